The summed E-state index contributed by atoms with van der Waals surface area (Å²) in [7, 11) is 1.87. The van der Waals surface area contributed by atoms with Gasteiger partial charge in [0.1, 0.15) is 0 Å². The van der Waals surface area contributed by atoms with Crippen LogP contribution in [0.15, 0.2) is 12.3 Å². The Bertz CT molecular complexity index is 540. The van der Waals surface area contributed by atoms with Crippen LogP contribution >= 0.6 is 0 Å². The molecule has 0 fully saturated rings. The standard InChI is InChI=1S/C11H17N7O/c1-3-6-19-11-16-9(12)15-10(17-11)13-7-8-4-5-14-18(8)2/h4-5H,3,6-7H2,1-2H3,(H3,12,13,15,16,17). The largest absolute Gasteiger partial charge is 0.463 e. The van der Waals surface area contributed by atoms with E-state index in [0.717, 1.165) is 12.1 Å². The first-order chi connectivity index (χ1) is 9.19. The van der Waals surface area contributed by atoms with E-state index in [-0.39, 0.29) is 12.0 Å². The Kier molecular flexibility index (Phi) is 4.11. The Hall–Kier alpha value is -2.38. The lowest BCUT2D eigenvalue weighted by atomic mass is 10.4. The molecule has 2 aromatic rings. The topological polar surface area (TPSA) is 104 Å². The number of aryl methyl sites for hydroxylation is 1. The fraction of sp³-hybridized carbons (Fsp3) is 0.455. The summed E-state index contributed by atoms with van der Waals surface area (Å²) < 4.78 is 7.11. The number of hydrogen-bond donors (Lipinski definition) is 2. The van der Waals surface area contributed by atoms with Gasteiger partial charge in [0.2, 0.25) is 11.9 Å². The molecule has 0 spiro atoms. The fourth-order valence-corrected chi connectivity index (χ4v) is 1.45. The van der Waals surface area contributed by atoms with E-state index >= 15 is 0 Å². The summed E-state index contributed by atoms with van der Waals surface area (Å²) >= 11 is 0. The van der Waals surface area contributed by atoms with Gasteiger partial charge < -0.3 is 15.8 Å². The van der Waals surface area contributed by atoms with Gasteiger partial charge in [0.25, 0.3) is 0 Å². The second kappa shape index (κ2) is 5.98. The highest BCUT2D eigenvalue weighted by molar-refractivity contribution is 5.33. The molecule has 3 N–H and O–H groups in total. The van der Waals surface area contributed by atoms with Crippen molar-refractivity contribution in [3.05, 3.63) is 18.0 Å². The number of aromatic nitrogens is 5. The van der Waals surface area contributed by atoms with E-state index in [9.17, 15) is 0 Å². The molecule has 19 heavy (non-hydrogen) atoms. The van der Waals surface area contributed by atoms with Crippen molar-refractivity contribution in [3.8, 4) is 6.01 Å². The Morgan fingerprint density at radius 2 is 2.21 bits per heavy atom. The number of rotatable bonds is 6. The second-order valence-corrected chi connectivity index (χ2v) is 3.95. The molecular formula is C11H17N7O. The normalized spacial score (nSPS) is 10.4. The van der Waals surface area contributed by atoms with E-state index in [1.165, 1.54) is 0 Å². The highest BCUT2D eigenvalue weighted by atomic mass is 16.5. The van der Waals surface area contributed by atoms with Gasteiger partial charge in [-0.1, -0.05) is 6.92 Å². The van der Waals surface area contributed by atoms with E-state index in [4.69, 9.17) is 10.5 Å². The quantitative estimate of drug-likeness (QED) is 0.785. The molecule has 2 heterocycles. The van der Waals surface area contributed by atoms with Gasteiger partial charge >= 0.3 is 6.01 Å². The van der Waals surface area contributed by atoms with E-state index < -0.39 is 0 Å². The van der Waals surface area contributed by atoms with Gasteiger partial charge in [-0.3, -0.25) is 4.68 Å². The highest BCUT2D eigenvalue weighted by Crippen LogP contribution is 2.10. The van der Waals surface area contributed by atoms with E-state index in [2.05, 4.69) is 25.4 Å². The molecule has 0 unspecified atom stereocenters. The number of nitrogens with two attached hydrogens (primary N) is 1. The van der Waals surface area contributed by atoms with Crippen LogP contribution in [0.3, 0.4) is 0 Å². The first-order valence-electron chi connectivity index (χ1n) is 6.04. The molecule has 2 rings (SSSR count). The van der Waals surface area contributed by atoms with Crippen molar-refractivity contribution >= 4 is 11.9 Å². The van der Waals surface area contributed by atoms with Crippen molar-refractivity contribution in [2.75, 3.05) is 17.7 Å². The van der Waals surface area contributed by atoms with E-state index in [1.54, 1.807) is 10.9 Å². The summed E-state index contributed by atoms with van der Waals surface area (Å²) in [6.45, 7) is 3.10. The third-order valence-corrected chi connectivity index (χ3v) is 2.42. The second-order valence-electron chi connectivity index (χ2n) is 3.95. The Morgan fingerprint density at radius 3 is 2.89 bits per heavy atom. The summed E-state index contributed by atoms with van der Waals surface area (Å²) in [5.74, 6) is 0.522. The molecule has 0 saturated heterocycles. The van der Waals surface area contributed by atoms with Crippen LogP contribution in [0, 0.1) is 0 Å². The van der Waals surface area contributed by atoms with E-state index in [1.807, 2.05) is 20.0 Å². The van der Waals surface area contributed by atoms with Gasteiger partial charge in [-0.25, -0.2) is 0 Å². The predicted molar refractivity (Wildman–Crippen MR) is 70.6 cm³/mol. The third-order valence-electron chi connectivity index (χ3n) is 2.42. The highest BCUT2D eigenvalue weighted by Gasteiger charge is 2.06. The van der Waals surface area contributed by atoms with Gasteiger partial charge in [0.05, 0.1) is 18.8 Å². The Balaban J connectivity index is 2.03. The number of nitrogens with one attached hydrogen (secondary N) is 1. The number of nitrogen functional groups attached to an aromatic ring is 1. The maximum Gasteiger partial charge on any atom is 0.323 e. The van der Waals surface area contributed by atoms with Gasteiger partial charge in [0.15, 0.2) is 0 Å². The van der Waals surface area contributed by atoms with Crippen LogP contribution in [-0.4, -0.2) is 31.3 Å². The Morgan fingerprint density at radius 1 is 1.37 bits per heavy atom. The maximum atomic E-state index is 5.61. The predicted octanol–water partition coefficient (Wildman–Crippen LogP) is 0.588. The van der Waals surface area contributed by atoms with Crippen molar-refractivity contribution in [2.24, 2.45) is 7.05 Å². The molecule has 0 aliphatic carbocycles. The SMILES string of the molecule is CCCOc1nc(N)nc(NCc2ccnn2C)n1. The van der Waals surface area contributed by atoms with Crippen LogP contribution in [0.4, 0.5) is 11.9 Å². The molecule has 8 nitrogen and oxygen atoms in total. The number of hydrogen-bond acceptors (Lipinski definition) is 7. The molecular weight excluding hydrogens is 246 g/mol. The lowest BCUT2D eigenvalue weighted by Gasteiger charge is -2.07. The molecule has 0 amide bonds. The number of nitrogens with zero attached hydrogens (tertiary/aromatic N) is 5. The first-order valence-corrected chi connectivity index (χ1v) is 6.04. The summed E-state index contributed by atoms with van der Waals surface area (Å²) in [6, 6.07) is 2.15. The molecule has 0 aliphatic heterocycles. The van der Waals surface area contributed by atoms with Crippen LogP contribution in [0.2, 0.25) is 0 Å². The zero-order valence-corrected chi connectivity index (χ0v) is 11.0. The minimum Gasteiger partial charge on any atom is -0.463 e. The minimum atomic E-state index is 0.133. The van der Waals surface area contributed by atoms with Crippen molar-refractivity contribution in [2.45, 2.75) is 19.9 Å². The zero-order valence-electron chi connectivity index (χ0n) is 11.0. The molecule has 0 bridgehead atoms. The fourth-order valence-electron chi connectivity index (χ4n) is 1.45. The lowest BCUT2D eigenvalue weighted by Crippen LogP contribution is -2.11. The molecule has 0 aliphatic rings. The molecule has 102 valence electrons. The van der Waals surface area contributed by atoms with Crippen LogP contribution in [0.1, 0.15) is 19.0 Å². The summed E-state index contributed by atoms with van der Waals surface area (Å²) in [4.78, 5) is 12.1. The van der Waals surface area contributed by atoms with Gasteiger partial charge in [-0.2, -0.15) is 20.1 Å². The smallest absolute Gasteiger partial charge is 0.323 e. The van der Waals surface area contributed by atoms with Crippen molar-refractivity contribution in [1.29, 1.82) is 0 Å². The van der Waals surface area contributed by atoms with Crippen molar-refractivity contribution < 1.29 is 4.74 Å². The summed E-state index contributed by atoms with van der Waals surface area (Å²) in [6.07, 6.45) is 2.61. The average Bonchev–Trinajstić information content (AvgIpc) is 2.79. The first kappa shape index (κ1) is 13.1. The minimum absolute atomic E-state index is 0.133. The molecule has 2 aromatic heterocycles. The van der Waals surface area contributed by atoms with Crippen molar-refractivity contribution in [3.63, 3.8) is 0 Å². The molecule has 8 heteroatoms. The van der Waals surface area contributed by atoms with Gasteiger partial charge in [-0.15, -0.1) is 0 Å². The number of ether oxygens (including phenoxy) is 1. The van der Waals surface area contributed by atoms with E-state index in [0.29, 0.717) is 19.1 Å². The number of anilines is 2. The van der Waals surface area contributed by atoms with Crippen LogP contribution in [0.5, 0.6) is 6.01 Å². The van der Waals surface area contributed by atoms with Gasteiger partial charge in [-0.05, 0) is 12.5 Å². The molecule has 0 saturated carbocycles. The Labute approximate surface area is 111 Å². The monoisotopic (exact) mass is 263 g/mol. The molecule has 0 atom stereocenters. The zero-order chi connectivity index (χ0) is 13.7. The van der Waals surface area contributed by atoms with Gasteiger partial charge in [0, 0.05) is 13.2 Å². The lowest BCUT2D eigenvalue weighted by molar-refractivity contribution is 0.292. The van der Waals surface area contributed by atoms with Crippen LogP contribution < -0.4 is 15.8 Å². The van der Waals surface area contributed by atoms with Crippen molar-refractivity contribution in [1.82, 2.24) is 24.7 Å². The molecule has 0 radical (unpaired) electrons. The molecule has 0 aromatic carbocycles. The third kappa shape index (κ3) is 3.54. The summed E-state index contributed by atoms with van der Waals surface area (Å²) in [5, 5.41) is 7.14. The average molecular weight is 263 g/mol. The summed E-state index contributed by atoms with van der Waals surface area (Å²) in [5.41, 5.74) is 6.62. The maximum absolute atomic E-state index is 5.61. The van der Waals surface area contributed by atoms with Crippen LogP contribution in [-0.2, 0) is 13.6 Å². The van der Waals surface area contributed by atoms with Crippen LogP contribution in [0.25, 0.3) is 0 Å².